The minimum absolute atomic E-state index is 0.0916. The van der Waals surface area contributed by atoms with Crippen molar-refractivity contribution in [1.29, 1.82) is 0 Å². The van der Waals surface area contributed by atoms with Gasteiger partial charge in [-0.25, -0.2) is 0 Å². The third kappa shape index (κ3) is 2.94. The second-order valence-electron chi connectivity index (χ2n) is 5.55. The fourth-order valence-corrected chi connectivity index (χ4v) is 3.31. The Labute approximate surface area is 100 Å². The first kappa shape index (κ1) is 13.1. The maximum absolute atomic E-state index is 12.7. The van der Waals surface area contributed by atoms with Crippen LogP contribution < -0.4 is 11.3 Å². The number of rotatable bonds is 3. The Kier molecular flexibility index (Phi) is 3.98. The predicted molar refractivity (Wildman–Crippen MR) is 60.0 cm³/mol. The van der Waals surface area contributed by atoms with Gasteiger partial charge in [0, 0.05) is 6.04 Å². The Morgan fingerprint density at radius 3 is 2.06 bits per heavy atom. The van der Waals surface area contributed by atoms with Crippen LogP contribution in [-0.4, -0.2) is 12.2 Å². The third-order valence-electron chi connectivity index (χ3n) is 4.54. The van der Waals surface area contributed by atoms with Crippen molar-refractivity contribution < 1.29 is 13.2 Å². The zero-order chi connectivity index (χ0) is 12.5. The zero-order valence-electron chi connectivity index (χ0n) is 9.97. The van der Waals surface area contributed by atoms with Crippen LogP contribution in [-0.2, 0) is 0 Å². The molecule has 0 saturated heterocycles. The normalized spacial score (nSPS) is 33.2. The van der Waals surface area contributed by atoms with E-state index in [0.29, 0.717) is 18.8 Å². The van der Waals surface area contributed by atoms with Crippen LogP contribution in [0.1, 0.15) is 44.9 Å². The minimum atomic E-state index is -4.03. The molecule has 0 aromatic rings. The van der Waals surface area contributed by atoms with Gasteiger partial charge in [0.1, 0.15) is 0 Å². The van der Waals surface area contributed by atoms with Crippen LogP contribution in [0.5, 0.6) is 0 Å². The van der Waals surface area contributed by atoms with Crippen LogP contribution in [0, 0.1) is 17.8 Å². The highest BCUT2D eigenvalue weighted by molar-refractivity contribution is 4.90. The molecule has 0 aromatic carbocycles. The first-order chi connectivity index (χ1) is 8.02. The van der Waals surface area contributed by atoms with Gasteiger partial charge in [0.25, 0.3) is 0 Å². The SMILES string of the molecule is NNC(C1CCC1)C1CCCC(C(F)(F)F)C1. The molecule has 0 radical (unpaired) electrons. The van der Waals surface area contributed by atoms with Gasteiger partial charge >= 0.3 is 6.18 Å². The summed E-state index contributed by atoms with van der Waals surface area (Å²) >= 11 is 0. The summed E-state index contributed by atoms with van der Waals surface area (Å²) in [6.45, 7) is 0. The maximum Gasteiger partial charge on any atom is 0.391 e. The smallest absolute Gasteiger partial charge is 0.271 e. The van der Waals surface area contributed by atoms with Crippen molar-refractivity contribution in [3.63, 3.8) is 0 Å². The van der Waals surface area contributed by atoms with Crippen LogP contribution in [0.4, 0.5) is 13.2 Å². The van der Waals surface area contributed by atoms with Gasteiger partial charge in [0.15, 0.2) is 0 Å². The number of hydrogen-bond acceptors (Lipinski definition) is 2. The summed E-state index contributed by atoms with van der Waals surface area (Å²) in [5.41, 5.74) is 2.78. The highest BCUT2D eigenvalue weighted by atomic mass is 19.4. The summed E-state index contributed by atoms with van der Waals surface area (Å²) < 4.78 is 38.2. The van der Waals surface area contributed by atoms with Gasteiger partial charge in [0.2, 0.25) is 0 Å². The molecule has 3 N–H and O–H groups in total. The number of halogens is 3. The second kappa shape index (κ2) is 5.14. The number of alkyl halides is 3. The number of nitrogens with one attached hydrogen (secondary N) is 1. The summed E-state index contributed by atoms with van der Waals surface area (Å²) in [5.74, 6) is 5.02. The van der Waals surface area contributed by atoms with Crippen LogP contribution >= 0.6 is 0 Å². The molecule has 3 atom stereocenters. The molecule has 3 unspecified atom stereocenters. The molecule has 2 rings (SSSR count). The van der Waals surface area contributed by atoms with E-state index in [1.165, 1.54) is 6.42 Å². The summed E-state index contributed by atoms with van der Waals surface area (Å²) in [4.78, 5) is 0. The zero-order valence-corrected chi connectivity index (χ0v) is 9.97. The van der Waals surface area contributed by atoms with Gasteiger partial charge in [-0.15, -0.1) is 0 Å². The van der Waals surface area contributed by atoms with Crippen LogP contribution in [0.25, 0.3) is 0 Å². The van der Waals surface area contributed by atoms with Crippen molar-refractivity contribution >= 4 is 0 Å². The molecule has 2 saturated carbocycles. The molecule has 5 heteroatoms. The van der Waals surface area contributed by atoms with Gasteiger partial charge in [0.05, 0.1) is 5.92 Å². The molecule has 2 nitrogen and oxygen atoms in total. The molecular weight excluding hydrogens is 229 g/mol. The lowest BCUT2D eigenvalue weighted by Crippen LogP contribution is -2.50. The van der Waals surface area contributed by atoms with Crippen molar-refractivity contribution in [3.8, 4) is 0 Å². The third-order valence-corrected chi connectivity index (χ3v) is 4.54. The molecular formula is C12H21F3N2. The van der Waals surface area contributed by atoms with E-state index in [1.807, 2.05) is 0 Å². The molecule has 0 amide bonds. The van der Waals surface area contributed by atoms with Crippen LogP contribution in [0.2, 0.25) is 0 Å². The average Bonchev–Trinajstić information content (AvgIpc) is 2.22. The molecule has 0 aliphatic heterocycles. The van der Waals surface area contributed by atoms with Crippen molar-refractivity contribution in [2.24, 2.45) is 23.6 Å². The number of hydrazine groups is 1. The first-order valence-corrected chi connectivity index (χ1v) is 6.55. The number of nitrogens with two attached hydrogens (primary N) is 1. The highest BCUT2D eigenvalue weighted by Gasteiger charge is 2.44. The van der Waals surface area contributed by atoms with E-state index < -0.39 is 12.1 Å². The van der Waals surface area contributed by atoms with Crippen LogP contribution in [0.3, 0.4) is 0 Å². The average molecular weight is 250 g/mol. The summed E-state index contributed by atoms with van der Waals surface area (Å²) in [5, 5.41) is 0. The molecule has 0 spiro atoms. The Balaban J connectivity index is 1.95. The van der Waals surface area contributed by atoms with Gasteiger partial charge in [-0.3, -0.25) is 11.3 Å². The highest BCUT2D eigenvalue weighted by Crippen LogP contribution is 2.44. The molecule has 0 heterocycles. The largest absolute Gasteiger partial charge is 0.391 e. The molecule has 2 aliphatic carbocycles. The fraction of sp³-hybridized carbons (Fsp3) is 1.00. The van der Waals surface area contributed by atoms with Gasteiger partial charge in [-0.05, 0) is 43.9 Å². The van der Waals surface area contributed by atoms with Gasteiger partial charge in [-0.2, -0.15) is 13.2 Å². The fourth-order valence-electron chi connectivity index (χ4n) is 3.31. The summed E-state index contributed by atoms with van der Waals surface area (Å²) in [7, 11) is 0. The molecule has 2 fully saturated rings. The van der Waals surface area contributed by atoms with Crippen molar-refractivity contribution in [2.75, 3.05) is 0 Å². The van der Waals surface area contributed by atoms with E-state index >= 15 is 0 Å². The van der Waals surface area contributed by atoms with Crippen molar-refractivity contribution in [3.05, 3.63) is 0 Å². The minimum Gasteiger partial charge on any atom is -0.271 e. The first-order valence-electron chi connectivity index (χ1n) is 6.55. The Bertz CT molecular complexity index is 251. The predicted octanol–water partition coefficient (Wildman–Crippen LogP) is 2.99. The lowest BCUT2D eigenvalue weighted by molar-refractivity contribution is -0.187. The van der Waals surface area contributed by atoms with Gasteiger partial charge < -0.3 is 0 Å². The lowest BCUT2D eigenvalue weighted by Gasteiger charge is -2.41. The topological polar surface area (TPSA) is 38.0 Å². The van der Waals surface area contributed by atoms with E-state index in [0.717, 1.165) is 19.3 Å². The summed E-state index contributed by atoms with van der Waals surface area (Å²) in [6, 6.07) is 0.0916. The van der Waals surface area contributed by atoms with Crippen LogP contribution in [0.15, 0.2) is 0 Å². The molecule has 100 valence electrons. The second-order valence-corrected chi connectivity index (χ2v) is 5.55. The number of hydrogen-bond donors (Lipinski definition) is 2. The van der Waals surface area contributed by atoms with E-state index in [9.17, 15) is 13.2 Å². The van der Waals surface area contributed by atoms with E-state index in [2.05, 4.69) is 5.43 Å². The van der Waals surface area contributed by atoms with Gasteiger partial charge in [-0.1, -0.05) is 12.8 Å². The maximum atomic E-state index is 12.7. The van der Waals surface area contributed by atoms with E-state index in [-0.39, 0.29) is 18.4 Å². The molecule has 0 aromatic heterocycles. The monoisotopic (exact) mass is 250 g/mol. The molecule has 17 heavy (non-hydrogen) atoms. The Morgan fingerprint density at radius 1 is 1.00 bits per heavy atom. The van der Waals surface area contributed by atoms with Crippen molar-refractivity contribution in [1.82, 2.24) is 5.43 Å². The Hall–Kier alpha value is -0.290. The van der Waals surface area contributed by atoms with E-state index in [1.54, 1.807) is 0 Å². The molecule has 2 aliphatic rings. The van der Waals surface area contributed by atoms with E-state index in [4.69, 9.17) is 5.84 Å². The van der Waals surface area contributed by atoms with Crippen molar-refractivity contribution in [2.45, 2.75) is 57.2 Å². The Morgan fingerprint density at radius 2 is 1.59 bits per heavy atom. The lowest BCUT2D eigenvalue weighted by atomic mass is 9.69. The molecule has 0 bridgehead atoms. The summed E-state index contributed by atoms with van der Waals surface area (Å²) in [6.07, 6.45) is 1.51. The standard InChI is InChI=1S/C12H21F3N2/c13-12(14,15)10-6-2-5-9(7-10)11(17-16)8-3-1-4-8/h8-11,17H,1-7,16H2. The quantitative estimate of drug-likeness (QED) is 0.597.